The second-order valence-corrected chi connectivity index (χ2v) is 7.15. The van der Waals surface area contributed by atoms with Gasteiger partial charge in [-0.3, -0.25) is 10.5 Å². The number of halogens is 1. The maximum absolute atomic E-state index is 12.9. The first kappa shape index (κ1) is 22.3. The van der Waals surface area contributed by atoms with Crippen molar-refractivity contribution in [1.82, 2.24) is 4.57 Å². The Labute approximate surface area is 192 Å². The van der Waals surface area contributed by atoms with Crippen LogP contribution in [0.1, 0.15) is 10.4 Å². The first-order valence-corrected chi connectivity index (χ1v) is 9.74. The first-order valence-electron chi connectivity index (χ1n) is 9.74. The van der Waals surface area contributed by atoms with Gasteiger partial charge in [0.1, 0.15) is 24.2 Å². The maximum atomic E-state index is 12.9. The maximum Gasteiger partial charge on any atom is 0.355 e. The average Bonchev–Trinajstić information content (AvgIpc) is 3.08. The molecule has 0 saturated carbocycles. The fraction of sp³-hybridized carbons (Fsp3) is 0.120. The number of hydrogen-bond acceptors (Lipinski definition) is 3. The predicted molar refractivity (Wildman–Crippen MR) is 118 cm³/mol. The van der Waals surface area contributed by atoms with Gasteiger partial charge in [-0.1, -0.05) is 54.6 Å². The molecule has 1 aromatic heterocycles. The van der Waals surface area contributed by atoms with Crippen molar-refractivity contribution in [2.45, 2.75) is 6.54 Å². The average molecular weight is 478 g/mol. The summed E-state index contributed by atoms with van der Waals surface area (Å²) in [5.74, 6) is 1.33. The van der Waals surface area contributed by atoms with Gasteiger partial charge in [-0.05, 0) is 35.4 Å². The summed E-state index contributed by atoms with van der Waals surface area (Å²) >= 11 is 0. The van der Waals surface area contributed by atoms with Gasteiger partial charge in [-0.15, -0.1) is 0 Å². The van der Waals surface area contributed by atoms with Crippen molar-refractivity contribution in [2.75, 3.05) is 12.8 Å². The Hall–Kier alpha value is -3.38. The van der Waals surface area contributed by atoms with Gasteiger partial charge in [0.25, 0.3) is 0 Å². The number of aromatic nitrogens is 2. The molecule has 0 aliphatic heterocycles. The Kier molecular flexibility index (Phi) is 6.92. The number of ketones is 1. The summed E-state index contributed by atoms with van der Waals surface area (Å²) in [6.45, 7) is 0.181. The van der Waals surface area contributed by atoms with Crippen LogP contribution in [0, 0.1) is 0 Å². The fourth-order valence-corrected chi connectivity index (χ4v) is 3.50. The number of Topliss-reactive ketones (excluding diaryl/α,β-unsaturated/α-hetero) is 1. The molecule has 0 bridgehead atoms. The van der Waals surface area contributed by atoms with Crippen molar-refractivity contribution in [3.63, 3.8) is 0 Å². The molecule has 158 valence electrons. The number of rotatable bonds is 6. The van der Waals surface area contributed by atoms with Crippen molar-refractivity contribution in [2.24, 2.45) is 7.05 Å². The second kappa shape index (κ2) is 9.62. The minimum Gasteiger partial charge on any atom is -1.00 e. The zero-order valence-corrected chi connectivity index (χ0v) is 19.0. The van der Waals surface area contributed by atoms with Crippen LogP contribution in [-0.4, -0.2) is 17.5 Å². The lowest BCUT2D eigenvalue weighted by Crippen LogP contribution is -3.00. The quantitative estimate of drug-likeness (QED) is 0.334. The van der Waals surface area contributed by atoms with E-state index in [0.29, 0.717) is 11.5 Å². The Morgan fingerprint density at radius 1 is 0.903 bits per heavy atom. The van der Waals surface area contributed by atoms with Gasteiger partial charge in [0.05, 0.1) is 14.2 Å². The van der Waals surface area contributed by atoms with E-state index in [4.69, 9.17) is 10.5 Å². The summed E-state index contributed by atoms with van der Waals surface area (Å²) < 4.78 is 8.89. The number of nitrogens with two attached hydrogens (primary N) is 1. The van der Waals surface area contributed by atoms with Crippen LogP contribution in [0.5, 0.6) is 5.75 Å². The molecule has 0 saturated heterocycles. The number of carbonyl (C=O) groups is 1. The molecule has 0 fully saturated rings. The molecule has 4 rings (SSSR count). The number of nitrogen functional groups attached to an aromatic ring is 1. The van der Waals surface area contributed by atoms with E-state index in [9.17, 15) is 4.79 Å². The second-order valence-electron chi connectivity index (χ2n) is 7.15. The number of imidazole rings is 1. The largest absolute Gasteiger partial charge is 1.00 e. The standard InChI is InChI=1S/C25H23N3O2.BrH/c1-27-23(20-12-14-22(30-2)15-13-20)16-28(25(27)26)17-24(29)21-10-8-19(9-11-21)18-6-4-3-5-7-18;/h3-16,26H,17H2,1-2H3;1H. The lowest BCUT2D eigenvalue weighted by atomic mass is 10.0. The van der Waals surface area contributed by atoms with Crippen LogP contribution in [0.2, 0.25) is 0 Å². The van der Waals surface area contributed by atoms with Crippen LogP contribution in [0.25, 0.3) is 22.4 Å². The molecule has 0 aliphatic carbocycles. The topological polar surface area (TPSA) is 61.1 Å². The minimum absolute atomic E-state index is 0. The summed E-state index contributed by atoms with van der Waals surface area (Å²) in [4.78, 5) is 12.9. The van der Waals surface area contributed by atoms with E-state index in [-0.39, 0.29) is 29.3 Å². The van der Waals surface area contributed by atoms with E-state index in [1.807, 2.05) is 84.5 Å². The third-order valence-electron chi connectivity index (χ3n) is 5.29. The molecule has 2 N–H and O–H groups in total. The summed E-state index contributed by atoms with van der Waals surface area (Å²) in [5.41, 5.74) is 11.1. The van der Waals surface area contributed by atoms with Gasteiger partial charge in [0.2, 0.25) is 0 Å². The number of methoxy groups -OCH3 is 1. The lowest BCUT2D eigenvalue weighted by molar-refractivity contribution is -0.667. The number of nitrogens with zero attached hydrogens (tertiary/aromatic N) is 2. The van der Waals surface area contributed by atoms with Crippen molar-refractivity contribution >= 4 is 11.7 Å². The molecule has 0 amide bonds. The van der Waals surface area contributed by atoms with Crippen LogP contribution in [0.3, 0.4) is 0 Å². The van der Waals surface area contributed by atoms with E-state index in [1.165, 1.54) is 0 Å². The fourth-order valence-electron chi connectivity index (χ4n) is 3.50. The van der Waals surface area contributed by atoms with Crippen molar-refractivity contribution in [3.8, 4) is 28.1 Å². The van der Waals surface area contributed by atoms with Gasteiger partial charge in [0.15, 0.2) is 5.78 Å². The summed E-state index contributed by atoms with van der Waals surface area (Å²) in [7, 11) is 3.53. The highest BCUT2D eigenvalue weighted by Crippen LogP contribution is 2.23. The molecule has 1 heterocycles. The number of ether oxygens (including phenoxy) is 1. The molecule has 0 radical (unpaired) electrons. The Bertz CT molecular complexity index is 1170. The number of carbonyl (C=O) groups excluding carboxylic acids is 1. The molecule has 0 spiro atoms. The van der Waals surface area contributed by atoms with Gasteiger partial charge in [-0.25, -0.2) is 9.13 Å². The van der Waals surface area contributed by atoms with Crippen molar-refractivity contribution < 1.29 is 31.1 Å². The van der Waals surface area contributed by atoms with E-state index < -0.39 is 0 Å². The molecular formula is C25H24BrN3O2. The summed E-state index contributed by atoms with van der Waals surface area (Å²) in [6, 6.07) is 25.6. The summed E-state index contributed by atoms with van der Waals surface area (Å²) in [6.07, 6.45) is 1.91. The molecule has 31 heavy (non-hydrogen) atoms. The van der Waals surface area contributed by atoms with Crippen LogP contribution in [0.15, 0.2) is 85.1 Å². The smallest absolute Gasteiger partial charge is 0.355 e. The highest BCUT2D eigenvalue weighted by molar-refractivity contribution is 5.95. The SMILES string of the molecule is COc1ccc(-c2c[n+](CC(=O)c3ccc(-c4ccccc4)cc3)c(N)n2C)cc1.[Br-]. The molecule has 0 unspecified atom stereocenters. The van der Waals surface area contributed by atoms with Crippen molar-refractivity contribution in [3.05, 3.63) is 90.6 Å². The van der Waals surface area contributed by atoms with E-state index >= 15 is 0 Å². The third kappa shape index (κ3) is 4.70. The molecule has 3 aromatic carbocycles. The highest BCUT2D eigenvalue weighted by Gasteiger charge is 2.20. The van der Waals surface area contributed by atoms with Gasteiger partial charge in [-0.2, -0.15) is 0 Å². The van der Waals surface area contributed by atoms with E-state index in [0.717, 1.165) is 28.1 Å². The number of benzene rings is 3. The highest BCUT2D eigenvalue weighted by atomic mass is 79.9. The van der Waals surface area contributed by atoms with Gasteiger partial charge < -0.3 is 21.7 Å². The van der Waals surface area contributed by atoms with E-state index in [1.54, 1.807) is 11.7 Å². The van der Waals surface area contributed by atoms with Crippen molar-refractivity contribution in [1.29, 1.82) is 0 Å². The monoisotopic (exact) mass is 477 g/mol. The van der Waals surface area contributed by atoms with Gasteiger partial charge in [0, 0.05) is 11.1 Å². The lowest BCUT2D eigenvalue weighted by Gasteiger charge is -2.04. The predicted octanol–water partition coefficient (Wildman–Crippen LogP) is 1.12. The van der Waals surface area contributed by atoms with E-state index in [2.05, 4.69) is 12.1 Å². The van der Waals surface area contributed by atoms with Gasteiger partial charge >= 0.3 is 5.95 Å². The molecule has 5 nitrogen and oxygen atoms in total. The Balaban J connectivity index is 0.00000272. The third-order valence-corrected chi connectivity index (χ3v) is 5.29. The molecular weight excluding hydrogens is 454 g/mol. The Morgan fingerprint density at radius 3 is 2.10 bits per heavy atom. The van der Waals surface area contributed by atoms with Crippen LogP contribution >= 0.6 is 0 Å². The van der Waals surface area contributed by atoms with Crippen LogP contribution < -0.4 is 32.0 Å². The Morgan fingerprint density at radius 2 is 1.48 bits per heavy atom. The number of hydrogen-bond donors (Lipinski definition) is 1. The minimum atomic E-state index is 0. The van der Waals surface area contributed by atoms with Crippen LogP contribution in [-0.2, 0) is 13.6 Å². The zero-order chi connectivity index (χ0) is 21.1. The number of anilines is 1. The molecule has 4 aromatic rings. The zero-order valence-electron chi connectivity index (χ0n) is 17.5. The molecule has 0 atom stereocenters. The van der Waals surface area contributed by atoms with Crippen LogP contribution in [0.4, 0.5) is 5.95 Å². The molecule has 0 aliphatic rings. The summed E-state index contributed by atoms with van der Waals surface area (Å²) in [5, 5.41) is 0. The molecule has 6 heteroatoms. The normalized spacial score (nSPS) is 10.4. The first-order chi connectivity index (χ1) is 14.6.